The van der Waals surface area contributed by atoms with Crippen molar-refractivity contribution in [3.8, 4) is 0 Å². The summed E-state index contributed by atoms with van der Waals surface area (Å²) in [7, 11) is -3.96. The van der Waals surface area contributed by atoms with E-state index in [0.717, 1.165) is 6.07 Å². The number of hydrogen-bond acceptors (Lipinski definition) is 6. The molecule has 0 heterocycles. The number of imide groups is 1. The zero-order valence-corrected chi connectivity index (χ0v) is 15.4. The highest BCUT2D eigenvalue weighted by Gasteiger charge is 2.20. The number of carbonyl (C=O) groups is 3. The molecule has 1 aromatic rings. The lowest BCUT2D eigenvalue weighted by Gasteiger charge is -2.09. The molecule has 0 bridgehead atoms. The third-order valence-electron chi connectivity index (χ3n) is 2.80. The molecule has 0 aliphatic carbocycles. The van der Waals surface area contributed by atoms with Crippen molar-refractivity contribution in [1.29, 1.82) is 0 Å². The normalized spacial score (nSPS) is 10.7. The minimum Gasteiger partial charge on any atom is -0.452 e. The summed E-state index contributed by atoms with van der Waals surface area (Å²) in [5.74, 6) is -1.79. The van der Waals surface area contributed by atoms with E-state index in [9.17, 15) is 22.8 Å². The van der Waals surface area contributed by atoms with Gasteiger partial charge in [0.15, 0.2) is 6.61 Å². The quantitative estimate of drug-likeness (QED) is 0.435. The lowest BCUT2D eigenvalue weighted by molar-refractivity contribution is -0.123. The summed E-state index contributed by atoms with van der Waals surface area (Å²) in [6.07, 6.45) is 1.34. The van der Waals surface area contributed by atoms with Gasteiger partial charge >= 0.3 is 12.0 Å². The van der Waals surface area contributed by atoms with Crippen LogP contribution in [0.3, 0.4) is 0 Å². The zero-order chi connectivity index (χ0) is 19.7. The van der Waals surface area contributed by atoms with Gasteiger partial charge in [-0.25, -0.2) is 22.7 Å². The summed E-state index contributed by atoms with van der Waals surface area (Å²) in [5, 5.41) is 4.20. The lowest BCUT2D eigenvalue weighted by atomic mass is 10.2. The van der Waals surface area contributed by atoms with Crippen LogP contribution in [0.5, 0.6) is 0 Å². The van der Waals surface area contributed by atoms with Crippen LogP contribution in [-0.2, 0) is 19.6 Å². The Balaban J connectivity index is 2.82. The molecule has 1 rings (SSSR count). The molecule has 11 heteroatoms. The van der Waals surface area contributed by atoms with Crippen LogP contribution >= 0.6 is 11.6 Å². The number of halogens is 1. The molecule has 0 saturated heterocycles. The second-order valence-corrected chi connectivity index (χ2v) is 6.91. The monoisotopic (exact) mass is 403 g/mol. The van der Waals surface area contributed by atoms with Gasteiger partial charge in [-0.1, -0.05) is 17.7 Å². The van der Waals surface area contributed by atoms with Gasteiger partial charge in [0.25, 0.3) is 5.91 Å². The first-order valence-corrected chi connectivity index (χ1v) is 9.22. The zero-order valence-electron chi connectivity index (χ0n) is 13.9. The molecule has 0 aliphatic rings. The van der Waals surface area contributed by atoms with Crippen LogP contribution in [0.4, 0.5) is 4.79 Å². The van der Waals surface area contributed by atoms with Gasteiger partial charge in [0, 0.05) is 13.1 Å². The number of benzene rings is 1. The first-order valence-electron chi connectivity index (χ1n) is 7.36. The van der Waals surface area contributed by atoms with Gasteiger partial charge in [-0.05, 0) is 25.1 Å². The summed E-state index contributed by atoms with van der Waals surface area (Å²) in [6.45, 7) is 4.65. The van der Waals surface area contributed by atoms with Crippen LogP contribution in [0.2, 0.25) is 5.02 Å². The minimum atomic E-state index is -3.96. The molecule has 0 unspecified atom stereocenters. The third-order valence-corrected chi connectivity index (χ3v) is 4.70. The predicted octanol–water partition coefficient (Wildman–Crippen LogP) is 0.807. The summed E-state index contributed by atoms with van der Waals surface area (Å²) in [5.41, 5.74) is -0.126. The van der Waals surface area contributed by atoms with Crippen molar-refractivity contribution in [2.45, 2.75) is 11.8 Å². The maximum atomic E-state index is 12.1. The Kier molecular flexibility index (Phi) is 8.23. The van der Waals surface area contributed by atoms with E-state index < -0.39 is 34.5 Å². The smallest absolute Gasteiger partial charge is 0.338 e. The Morgan fingerprint density at radius 3 is 2.62 bits per heavy atom. The van der Waals surface area contributed by atoms with Gasteiger partial charge in [-0.15, -0.1) is 6.58 Å². The Bertz CT molecular complexity index is 810. The number of amides is 3. The first kappa shape index (κ1) is 21.6. The van der Waals surface area contributed by atoms with E-state index in [0.29, 0.717) is 6.54 Å². The van der Waals surface area contributed by atoms with E-state index in [1.807, 2.05) is 5.32 Å². The molecule has 26 heavy (non-hydrogen) atoms. The molecule has 0 radical (unpaired) electrons. The van der Waals surface area contributed by atoms with Crippen LogP contribution < -0.4 is 15.4 Å². The van der Waals surface area contributed by atoms with Crippen molar-refractivity contribution in [2.24, 2.45) is 0 Å². The summed E-state index contributed by atoms with van der Waals surface area (Å²) >= 11 is 5.87. The van der Waals surface area contributed by atoms with Crippen LogP contribution in [0, 0.1) is 0 Å². The average molecular weight is 404 g/mol. The Morgan fingerprint density at radius 2 is 2.00 bits per heavy atom. The molecule has 0 aromatic heterocycles. The van der Waals surface area contributed by atoms with Gasteiger partial charge in [0.2, 0.25) is 10.0 Å². The number of ether oxygens (including phenoxy) is 1. The van der Waals surface area contributed by atoms with Crippen molar-refractivity contribution in [3.63, 3.8) is 0 Å². The fraction of sp³-hybridized carbons (Fsp3) is 0.267. The number of rotatable bonds is 8. The summed E-state index contributed by atoms with van der Waals surface area (Å²) < 4.78 is 31.2. The number of urea groups is 1. The molecular formula is C15H18ClN3O6S. The highest BCUT2D eigenvalue weighted by Crippen LogP contribution is 2.23. The number of nitrogens with one attached hydrogen (secondary N) is 3. The SMILES string of the molecule is C=CCNS(=O)(=O)c1cc(C(=O)OCC(=O)NC(=O)NCC)ccc1Cl. The summed E-state index contributed by atoms with van der Waals surface area (Å²) in [6, 6.07) is 2.77. The molecular weight excluding hydrogens is 386 g/mol. The van der Waals surface area contributed by atoms with Gasteiger partial charge in [-0.3, -0.25) is 10.1 Å². The van der Waals surface area contributed by atoms with Gasteiger partial charge < -0.3 is 10.1 Å². The average Bonchev–Trinajstić information content (AvgIpc) is 2.58. The third kappa shape index (κ3) is 6.47. The maximum Gasteiger partial charge on any atom is 0.338 e. The predicted molar refractivity (Wildman–Crippen MR) is 94.3 cm³/mol. The number of hydrogen-bond donors (Lipinski definition) is 3. The second kappa shape index (κ2) is 9.90. The Hall–Kier alpha value is -2.43. The van der Waals surface area contributed by atoms with Crippen LogP contribution in [0.1, 0.15) is 17.3 Å². The van der Waals surface area contributed by atoms with E-state index in [-0.39, 0.29) is 22.0 Å². The molecule has 0 aliphatic heterocycles. The molecule has 3 amide bonds. The van der Waals surface area contributed by atoms with Crippen molar-refractivity contribution in [1.82, 2.24) is 15.4 Å². The number of esters is 1. The van der Waals surface area contributed by atoms with Gasteiger partial charge in [-0.2, -0.15) is 0 Å². The van der Waals surface area contributed by atoms with Gasteiger partial charge in [0.1, 0.15) is 4.90 Å². The Labute approximate surface area is 155 Å². The van der Waals surface area contributed by atoms with Crippen LogP contribution in [0.25, 0.3) is 0 Å². The van der Waals surface area contributed by atoms with E-state index in [4.69, 9.17) is 16.3 Å². The number of carbonyl (C=O) groups excluding carboxylic acids is 3. The van der Waals surface area contributed by atoms with Crippen LogP contribution in [-0.4, -0.2) is 46.0 Å². The van der Waals surface area contributed by atoms with E-state index in [1.54, 1.807) is 6.92 Å². The standard InChI is InChI=1S/C15H18ClN3O6S/c1-3-7-18-26(23,24)12-8-10(5-6-11(12)16)14(21)25-9-13(20)19-15(22)17-4-2/h3,5-6,8,18H,1,4,7,9H2,2H3,(H2,17,19,20,22). The lowest BCUT2D eigenvalue weighted by Crippen LogP contribution is -2.41. The molecule has 9 nitrogen and oxygen atoms in total. The van der Waals surface area contributed by atoms with Crippen molar-refractivity contribution < 1.29 is 27.5 Å². The molecule has 0 atom stereocenters. The largest absolute Gasteiger partial charge is 0.452 e. The van der Waals surface area contributed by atoms with Crippen molar-refractivity contribution >= 4 is 39.5 Å². The molecule has 1 aromatic carbocycles. The molecule has 3 N–H and O–H groups in total. The van der Waals surface area contributed by atoms with E-state index in [1.165, 1.54) is 18.2 Å². The van der Waals surface area contributed by atoms with Gasteiger partial charge in [0.05, 0.1) is 10.6 Å². The Morgan fingerprint density at radius 1 is 1.31 bits per heavy atom. The fourth-order valence-electron chi connectivity index (χ4n) is 1.66. The maximum absolute atomic E-state index is 12.1. The molecule has 142 valence electrons. The van der Waals surface area contributed by atoms with E-state index >= 15 is 0 Å². The van der Waals surface area contributed by atoms with E-state index in [2.05, 4.69) is 16.6 Å². The molecule has 0 fully saturated rings. The number of sulfonamides is 1. The second-order valence-electron chi connectivity index (χ2n) is 4.77. The minimum absolute atomic E-state index is 0.0205. The topological polar surface area (TPSA) is 131 Å². The highest BCUT2D eigenvalue weighted by atomic mass is 35.5. The van der Waals surface area contributed by atoms with Crippen LogP contribution in [0.15, 0.2) is 35.7 Å². The van der Waals surface area contributed by atoms with Crippen molar-refractivity contribution in [2.75, 3.05) is 19.7 Å². The fourth-order valence-corrected chi connectivity index (χ4v) is 3.19. The molecule has 0 saturated carbocycles. The first-order chi connectivity index (χ1) is 12.2. The molecule has 0 spiro atoms. The van der Waals surface area contributed by atoms with Crippen molar-refractivity contribution in [3.05, 3.63) is 41.4 Å². The summed E-state index contributed by atoms with van der Waals surface area (Å²) in [4.78, 5) is 34.3. The highest BCUT2D eigenvalue weighted by molar-refractivity contribution is 7.89.